The number of rotatable bonds is 4. The minimum Gasteiger partial charge on any atom is -0.497 e. The van der Waals surface area contributed by atoms with Crippen molar-refractivity contribution >= 4 is 15.9 Å². The van der Waals surface area contributed by atoms with Gasteiger partial charge >= 0.3 is 0 Å². The van der Waals surface area contributed by atoms with E-state index in [4.69, 9.17) is 4.74 Å². The highest BCUT2D eigenvalue weighted by molar-refractivity contribution is 9.09. The number of hydrogen-bond donors (Lipinski definition) is 0. The van der Waals surface area contributed by atoms with Crippen LogP contribution in [0, 0.1) is 23.0 Å². The van der Waals surface area contributed by atoms with Crippen molar-refractivity contribution in [1.82, 2.24) is 0 Å². The molecule has 1 aromatic carbocycles. The molecular weight excluding hydrogens is 314 g/mol. The van der Waals surface area contributed by atoms with Crippen molar-refractivity contribution in [3.8, 4) is 5.75 Å². The fraction of sp³-hybridized carbons (Fsp3) is 0.600. The van der Waals surface area contributed by atoms with E-state index < -0.39 is 11.6 Å². The largest absolute Gasteiger partial charge is 0.497 e. The second-order valence-corrected chi connectivity index (χ2v) is 7.08. The number of alkyl halides is 1. The molecule has 0 saturated heterocycles. The molecule has 0 bridgehead atoms. The zero-order valence-electron chi connectivity index (χ0n) is 12.1. The molecule has 2 atom stereocenters. The van der Waals surface area contributed by atoms with Gasteiger partial charge in [0.05, 0.1) is 7.11 Å². The van der Waals surface area contributed by atoms with Crippen LogP contribution in [0.5, 0.6) is 5.75 Å². The van der Waals surface area contributed by atoms with Gasteiger partial charge in [-0.15, -0.1) is 0 Å². The van der Waals surface area contributed by atoms with Crippen LogP contribution < -0.4 is 4.74 Å². The van der Waals surface area contributed by atoms with Crippen molar-refractivity contribution in [1.29, 1.82) is 0 Å². The normalized spacial score (nSPS) is 15.2. The Morgan fingerprint density at radius 2 is 1.68 bits per heavy atom. The van der Waals surface area contributed by atoms with Gasteiger partial charge in [-0.05, 0) is 17.8 Å². The molecule has 0 spiro atoms. The monoisotopic (exact) mass is 334 g/mol. The Hall–Kier alpha value is -0.640. The minimum atomic E-state index is -0.570. The van der Waals surface area contributed by atoms with E-state index in [-0.39, 0.29) is 21.6 Å². The average molecular weight is 335 g/mol. The minimum absolute atomic E-state index is 0.0805. The molecule has 0 fully saturated rings. The summed E-state index contributed by atoms with van der Waals surface area (Å²) in [4.78, 5) is -0.340. The van der Waals surface area contributed by atoms with Crippen LogP contribution in [0.4, 0.5) is 8.78 Å². The van der Waals surface area contributed by atoms with E-state index in [2.05, 4.69) is 43.6 Å². The van der Waals surface area contributed by atoms with Crippen LogP contribution in [0.25, 0.3) is 0 Å². The van der Waals surface area contributed by atoms with Crippen LogP contribution >= 0.6 is 15.9 Å². The van der Waals surface area contributed by atoms with Crippen LogP contribution in [0.1, 0.15) is 44.5 Å². The lowest BCUT2D eigenvalue weighted by Crippen LogP contribution is -2.19. The van der Waals surface area contributed by atoms with E-state index in [0.29, 0.717) is 12.3 Å². The van der Waals surface area contributed by atoms with Crippen molar-refractivity contribution < 1.29 is 13.5 Å². The Morgan fingerprint density at radius 3 is 2.05 bits per heavy atom. The van der Waals surface area contributed by atoms with E-state index in [1.54, 1.807) is 0 Å². The van der Waals surface area contributed by atoms with Crippen LogP contribution in [0.3, 0.4) is 0 Å². The summed E-state index contributed by atoms with van der Waals surface area (Å²) in [5.74, 6) is -0.611. The first-order valence-corrected chi connectivity index (χ1v) is 7.25. The molecule has 19 heavy (non-hydrogen) atoms. The van der Waals surface area contributed by atoms with E-state index in [9.17, 15) is 8.78 Å². The maximum absolute atomic E-state index is 13.9. The number of hydrogen-bond acceptors (Lipinski definition) is 1. The third kappa shape index (κ3) is 4.16. The predicted molar refractivity (Wildman–Crippen MR) is 77.8 cm³/mol. The summed E-state index contributed by atoms with van der Waals surface area (Å²) in [5.41, 5.74) is 0.183. The van der Waals surface area contributed by atoms with Gasteiger partial charge in [0.15, 0.2) is 0 Å². The highest BCUT2D eigenvalue weighted by atomic mass is 79.9. The SMILES string of the molecule is COc1cc(F)c(C(Br)CC(C)C(C)(C)C)c(F)c1. The van der Waals surface area contributed by atoms with Gasteiger partial charge in [-0.3, -0.25) is 0 Å². The van der Waals surface area contributed by atoms with Crippen molar-refractivity contribution in [3.63, 3.8) is 0 Å². The molecule has 0 saturated carbocycles. The topological polar surface area (TPSA) is 9.23 Å². The van der Waals surface area contributed by atoms with Gasteiger partial charge in [-0.2, -0.15) is 0 Å². The van der Waals surface area contributed by atoms with E-state index in [1.807, 2.05) is 0 Å². The van der Waals surface area contributed by atoms with Gasteiger partial charge < -0.3 is 4.74 Å². The lowest BCUT2D eigenvalue weighted by molar-refractivity contribution is 0.245. The van der Waals surface area contributed by atoms with Crippen molar-refractivity contribution in [2.24, 2.45) is 11.3 Å². The quantitative estimate of drug-likeness (QED) is 0.662. The highest BCUT2D eigenvalue weighted by Gasteiger charge is 2.26. The zero-order valence-corrected chi connectivity index (χ0v) is 13.6. The van der Waals surface area contributed by atoms with E-state index >= 15 is 0 Å². The first-order valence-electron chi connectivity index (χ1n) is 6.33. The van der Waals surface area contributed by atoms with Crippen LogP contribution in [0.2, 0.25) is 0 Å². The molecule has 0 N–H and O–H groups in total. The molecule has 2 unspecified atom stereocenters. The Labute approximate surface area is 122 Å². The highest BCUT2D eigenvalue weighted by Crippen LogP contribution is 2.39. The molecule has 1 aromatic rings. The Bertz CT molecular complexity index is 417. The molecule has 1 rings (SSSR count). The Balaban J connectivity index is 2.97. The summed E-state index contributed by atoms with van der Waals surface area (Å²) in [6, 6.07) is 2.43. The zero-order chi connectivity index (χ0) is 14.8. The molecule has 0 heterocycles. The molecule has 108 valence electrons. The fourth-order valence-electron chi connectivity index (χ4n) is 1.76. The Morgan fingerprint density at radius 1 is 1.21 bits per heavy atom. The third-order valence-electron chi connectivity index (χ3n) is 3.64. The standard InChI is InChI=1S/C15H21BrF2O/c1-9(15(2,3)4)6-11(16)14-12(17)7-10(19-5)8-13(14)18/h7-9,11H,6H2,1-5H3. The van der Waals surface area contributed by atoms with Crippen LogP contribution in [-0.4, -0.2) is 7.11 Å². The number of halogens is 3. The summed E-state index contributed by atoms with van der Waals surface area (Å²) >= 11 is 3.41. The first kappa shape index (κ1) is 16.4. The van der Waals surface area contributed by atoms with Gasteiger partial charge in [0.25, 0.3) is 0 Å². The summed E-state index contributed by atoms with van der Waals surface area (Å²) in [6.45, 7) is 8.46. The summed E-state index contributed by atoms with van der Waals surface area (Å²) < 4.78 is 32.7. The molecule has 0 radical (unpaired) electrons. The average Bonchev–Trinajstić information content (AvgIpc) is 2.26. The van der Waals surface area contributed by atoms with Crippen LogP contribution in [0.15, 0.2) is 12.1 Å². The number of ether oxygens (including phenoxy) is 1. The molecular formula is C15H21BrF2O. The molecule has 4 heteroatoms. The molecule has 0 aromatic heterocycles. The van der Waals surface area contributed by atoms with Crippen LogP contribution in [-0.2, 0) is 0 Å². The smallest absolute Gasteiger partial charge is 0.134 e. The van der Waals surface area contributed by atoms with Crippen molar-refractivity contribution in [2.75, 3.05) is 7.11 Å². The molecule has 0 aliphatic heterocycles. The Kier molecular flexibility index (Phi) is 5.36. The second kappa shape index (κ2) is 6.21. The van der Waals surface area contributed by atoms with Gasteiger partial charge in [0.2, 0.25) is 0 Å². The predicted octanol–water partition coefficient (Wildman–Crippen LogP) is 5.48. The third-order valence-corrected chi connectivity index (χ3v) is 4.47. The summed E-state index contributed by atoms with van der Waals surface area (Å²) in [6.07, 6.45) is 0.670. The number of benzene rings is 1. The molecule has 0 amide bonds. The fourth-order valence-corrected chi connectivity index (χ4v) is 2.76. The van der Waals surface area contributed by atoms with E-state index in [1.165, 1.54) is 19.2 Å². The van der Waals surface area contributed by atoms with Gasteiger partial charge in [-0.25, -0.2) is 8.78 Å². The summed E-state index contributed by atoms with van der Waals surface area (Å²) in [5, 5.41) is 0. The van der Waals surface area contributed by atoms with Crippen molar-refractivity contribution in [3.05, 3.63) is 29.3 Å². The van der Waals surface area contributed by atoms with Gasteiger partial charge in [0.1, 0.15) is 17.4 Å². The lowest BCUT2D eigenvalue weighted by atomic mass is 9.79. The maximum atomic E-state index is 13.9. The van der Waals surface area contributed by atoms with Gasteiger partial charge in [0, 0.05) is 22.5 Å². The summed E-state index contributed by atoms with van der Waals surface area (Å²) in [7, 11) is 1.39. The number of methoxy groups -OCH3 is 1. The molecule has 0 aliphatic carbocycles. The van der Waals surface area contributed by atoms with Crippen molar-refractivity contribution in [2.45, 2.75) is 38.9 Å². The first-order chi connectivity index (χ1) is 8.66. The maximum Gasteiger partial charge on any atom is 0.134 e. The van der Waals surface area contributed by atoms with Gasteiger partial charge in [-0.1, -0.05) is 43.6 Å². The lowest BCUT2D eigenvalue weighted by Gasteiger charge is -2.29. The molecule has 0 aliphatic rings. The molecule has 1 nitrogen and oxygen atoms in total. The second-order valence-electron chi connectivity index (χ2n) is 5.98. The van der Waals surface area contributed by atoms with E-state index in [0.717, 1.165) is 0 Å².